The van der Waals surface area contributed by atoms with Crippen molar-refractivity contribution in [3.8, 4) is 0 Å². The molecule has 0 aliphatic rings. The van der Waals surface area contributed by atoms with Gasteiger partial charge in [-0.05, 0) is 32.9 Å². The molecule has 0 aliphatic carbocycles. The quantitative estimate of drug-likeness (QED) is 0.293. The third kappa shape index (κ3) is 3.12. The highest BCUT2D eigenvalue weighted by Gasteiger charge is 2.19. The van der Waals surface area contributed by atoms with Gasteiger partial charge in [0.25, 0.3) is 0 Å². The second-order valence-corrected chi connectivity index (χ2v) is 2.78. The van der Waals surface area contributed by atoms with Crippen molar-refractivity contribution < 1.29 is 0 Å². The molecule has 0 heterocycles. The lowest BCUT2D eigenvalue weighted by Gasteiger charge is -2.27. The molecule has 0 radical (unpaired) electrons. The van der Waals surface area contributed by atoms with Crippen LogP contribution >= 0.6 is 0 Å². The number of hydrazine groups is 1. The molecule has 0 unspecified atom stereocenters. The maximum absolute atomic E-state index is 5.38. The van der Waals surface area contributed by atoms with E-state index in [4.69, 9.17) is 17.3 Å². The summed E-state index contributed by atoms with van der Waals surface area (Å²) < 4.78 is 0. The molecule has 7 N–H and O–H groups in total. The summed E-state index contributed by atoms with van der Waals surface area (Å²) in [5.74, 6) is 5.32. The molecule has 0 spiro atoms. The van der Waals surface area contributed by atoms with Gasteiger partial charge in [-0.3, -0.25) is 11.3 Å². The molecule has 0 saturated carbocycles. The molecule has 0 bridgehead atoms. The molecule has 4 nitrogen and oxygen atoms in total. The zero-order valence-electron chi connectivity index (χ0n) is 6.56. The lowest BCUT2D eigenvalue weighted by molar-refractivity contribution is 0.322. The third-order valence-electron chi connectivity index (χ3n) is 1.74. The Kier molecular flexibility index (Phi) is 4.55. The molecule has 0 aromatic heterocycles. The first kappa shape index (κ1) is 9.84. The van der Waals surface area contributed by atoms with Crippen LogP contribution in [-0.2, 0) is 0 Å². The SMILES string of the molecule is CC(CCN)(CCN)NN. The van der Waals surface area contributed by atoms with E-state index in [1.54, 1.807) is 0 Å². The van der Waals surface area contributed by atoms with E-state index in [2.05, 4.69) is 5.43 Å². The van der Waals surface area contributed by atoms with Gasteiger partial charge in [0.2, 0.25) is 0 Å². The fraction of sp³-hybridized carbons (Fsp3) is 1.00. The Morgan fingerprint density at radius 2 is 1.60 bits per heavy atom. The molecule has 10 heavy (non-hydrogen) atoms. The molecule has 0 atom stereocenters. The van der Waals surface area contributed by atoms with Crippen LogP contribution in [0.4, 0.5) is 0 Å². The zero-order chi connectivity index (χ0) is 8.04. The minimum atomic E-state index is -0.0799. The van der Waals surface area contributed by atoms with Crippen LogP contribution in [0.15, 0.2) is 0 Å². The summed E-state index contributed by atoms with van der Waals surface area (Å²) in [5.41, 5.74) is 13.4. The van der Waals surface area contributed by atoms with Crippen LogP contribution < -0.4 is 22.7 Å². The molecule has 4 heteroatoms. The molecule has 0 aliphatic heterocycles. The average molecular weight is 146 g/mol. The van der Waals surface area contributed by atoms with Crippen molar-refractivity contribution in [3.63, 3.8) is 0 Å². The van der Waals surface area contributed by atoms with Gasteiger partial charge < -0.3 is 11.5 Å². The maximum atomic E-state index is 5.38. The van der Waals surface area contributed by atoms with Crippen LogP contribution in [0.1, 0.15) is 19.8 Å². The van der Waals surface area contributed by atoms with Gasteiger partial charge in [-0.15, -0.1) is 0 Å². The van der Waals surface area contributed by atoms with Crippen molar-refractivity contribution in [1.82, 2.24) is 5.43 Å². The molecule has 0 saturated heterocycles. The van der Waals surface area contributed by atoms with E-state index >= 15 is 0 Å². The van der Waals surface area contributed by atoms with Crippen LogP contribution in [0.2, 0.25) is 0 Å². The van der Waals surface area contributed by atoms with E-state index in [1.807, 2.05) is 6.92 Å². The molecular formula is C6H18N4. The summed E-state index contributed by atoms with van der Waals surface area (Å²) in [6, 6.07) is 0. The Hall–Kier alpha value is -0.160. The van der Waals surface area contributed by atoms with Crippen LogP contribution in [0.5, 0.6) is 0 Å². The zero-order valence-corrected chi connectivity index (χ0v) is 6.56. The average Bonchev–Trinajstić information content (AvgIpc) is 1.89. The lowest BCUT2D eigenvalue weighted by Crippen LogP contribution is -2.49. The molecule has 0 aromatic rings. The van der Waals surface area contributed by atoms with E-state index in [0.29, 0.717) is 13.1 Å². The Labute approximate surface area is 62.1 Å². The first-order chi connectivity index (χ1) is 4.68. The largest absolute Gasteiger partial charge is 0.330 e. The number of rotatable bonds is 5. The first-order valence-corrected chi connectivity index (χ1v) is 3.56. The van der Waals surface area contributed by atoms with Crippen molar-refractivity contribution in [2.45, 2.75) is 25.3 Å². The van der Waals surface area contributed by atoms with Crippen LogP contribution in [-0.4, -0.2) is 18.6 Å². The lowest BCUT2D eigenvalue weighted by atomic mass is 9.95. The minimum Gasteiger partial charge on any atom is -0.330 e. The molecule has 0 aromatic carbocycles. The van der Waals surface area contributed by atoms with Gasteiger partial charge in [0.1, 0.15) is 0 Å². The molecule has 0 amide bonds. The smallest absolute Gasteiger partial charge is 0.0317 e. The van der Waals surface area contributed by atoms with Gasteiger partial charge in [-0.25, -0.2) is 0 Å². The van der Waals surface area contributed by atoms with Gasteiger partial charge >= 0.3 is 0 Å². The fourth-order valence-corrected chi connectivity index (χ4v) is 0.906. The predicted octanol–water partition coefficient (Wildman–Crippen LogP) is -1.09. The van der Waals surface area contributed by atoms with Crippen molar-refractivity contribution >= 4 is 0 Å². The summed E-state index contributed by atoms with van der Waals surface area (Å²) in [4.78, 5) is 0. The van der Waals surface area contributed by atoms with E-state index in [-0.39, 0.29) is 5.54 Å². The highest BCUT2D eigenvalue weighted by Crippen LogP contribution is 2.10. The Balaban J connectivity index is 3.69. The summed E-state index contributed by atoms with van der Waals surface area (Å²) in [6.07, 6.45) is 1.72. The molecule has 62 valence electrons. The van der Waals surface area contributed by atoms with E-state index in [1.165, 1.54) is 0 Å². The van der Waals surface area contributed by atoms with Crippen molar-refractivity contribution in [3.05, 3.63) is 0 Å². The van der Waals surface area contributed by atoms with Gasteiger partial charge in [0.05, 0.1) is 0 Å². The number of nitrogens with two attached hydrogens (primary N) is 3. The number of hydrogen-bond donors (Lipinski definition) is 4. The fourth-order valence-electron chi connectivity index (χ4n) is 0.906. The topological polar surface area (TPSA) is 90.1 Å². The number of nitrogens with one attached hydrogen (secondary N) is 1. The Morgan fingerprint density at radius 3 is 1.80 bits per heavy atom. The summed E-state index contributed by atoms with van der Waals surface area (Å²) in [5, 5.41) is 0. The molecule has 0 fully saturated rings. The van der Waals surface area contributed by atoms with E-state index < -0.39 is 0 Å². The first-order valence-electron chi connectivity index (χ1n) is 3.56. The van der Waals surface area contributed by atoms with Crippen LogP contribution in [0.25, 0.3) is 0 Å². The van der Waals surface area contributed by atoms with Gasteiger partial charge in [0, 0.05) is 5.54 Å². The second kappa shape index (κ2) is 4.62. The third-order valence-corrected chi connectivity index (χ3v) is 1.74. The van der Waals surface area contributed by atoms with E-state index in [0.717, 1.165) is 12.8 Å². The highest BCUT2D eigenvalue weighted by molar-refractivity contribution is 4.80. The highest BCUT2D eigenvalue weighted by atomic mass is 15.3. The summed E-state index contributed by atoms with van der Waals surface area (Å²) in [7, 11) is 0. The van der Waals surface area contributed by atoms with Crippen LogP contribution in [0.3, 0.4) is 0 Å². The minimum absolute atomic E-state index is 0.0799. The Morgan fingerprint density at radius 1 is 1.20 bits per heavy atom. The van der Waals surface area contributed by atoms with Gasteiger partial charge in [0.15, 0.2) is 0 Å². The van der Waals surface area contributed by atoms with Crippen molar-refractivity contribution in [2.24, 2.45) is 17.3 Å². The normalized spacial score (nSPS) is 12.0. The van der Waals surface area contributed by atoms with Gasteiger partial charge in [-0.2, -0.15) is 0 Å². The number of hydrogen-bond acceptors (Lipinski definition) is 4. The second-order valence-electron chi connectivity index (χ2n) is 2.78. The monoisotopic (exact) mass is 146 g/mol. The Bertz CT molecular complexity index is 77.8. The van der Waals surface area contributed by atoms with Crippen molar-refractivity contribution in [1.29, 1.82) is 0 Å². The standard InChI is InChI=1S/C6H18N4/c1-6(10-9,2-4-7)3-5-8/h10H,2-5,7-9H2,1H3. The van der Waals surface area contributed by atoms with E-state index in [9.17, 15) is 0 Å². The summed E-state index contributed by atoms with van der Waals surface area (Å²) >= 11 is 0. The maximum Gasteiger partial charge on any atom is 0.0317 e. The van der Waals surface area contributed by atoms with Crippen LogP contribution in [0, 0.1) is 0 Å². The summed E-state index contributed by atoms with van der Waals surface area (Å²) in [6.45, 7) is 3.30. The van der Waals surface area contributed by atoms with Crippen molar-refractivity contribution in [2.75, 3.05) is 13.1 Å². The predicted molar refractivity (Wildman–Crippen MR) is 43.1 cm³/mol. The van der Waals surface area contributed by atoms with Gasteiger partial charge in [-0.1, -0.05) is 0 Å². The molecular weight excluding hydrogens is 128 g/mol. The molecule has 0 rings (SSSR count).